The molecule has 4 rings (SSSR count). The van der Waals surface area contributed by atoms with Gasteiger partial charge in [-0.05, 0) is 35.0 Å². The molecule has 0 unspecified atom stereocenters. The highest BCUT2D eigenvalue weighted by Gasteiger charge is 2.25. The van der Waals surface area contributed by atoms with Crippen LogP contribution in [0.1, 0.15) is 15.9 Å². The molecular weight excluding hydrogens is 292 g/mol. The second-order valence-corrected chi connectivity index (χ2v) is 6.24. The summed E-state index contributed by atoms with van der Waals surface area (Å²) in [6.45, 7) is 0. The Morgan fingerprint density at radius 3 is 2.55 bits per heavy atom. The highest BCUT2D eigenvalue weighted by Crippen LogP contribution is 2.42. The molecule has 1 heterocycles. The lowest BCUT2D eigenvalue weighted by molar-refractivity contribution is 0.104. The fraction of sp³-hybridized carbons (Fsp3) is 0. The number of Topliss-reactive ketones (excluding diaryl/α,β-unsaturated/α-hetero) is 1. The number of thioether (sulfide) groups is 1. The van der Waals surface area contributed by atoms with Crippen LogP contribution in [0.15, 0.2) is 70.5 Å². The molecule has 1 aliphatic rings. The molecule has 3 heteroatoms. The first-order chi connectivity index (χ1) is 10.7. The summed E-state index contributed by atoms with van der Waals surface area (Å²) in [6.07, 6.45) is 1.80. The third kappa shape index (κ3) is 2.02. The van der Waals surface area contributed by atoms with Crippen molar-refractivity contribution in [2.75, 3.05) is 0 Å². The fourth-order valence-electron chi connectivity index (χ4n) is 2.70. The number of fused-ring (bicyclic) bond motifs is 2. The standard InChI is InChI=1S/C19H12O2S/c20-16-10-9-12-5-1-2-6-13(12)15(16)11-18-19(21)14-7-3-4-8-17(14)22-18/h1-11,20H. The van der Waals surface area contributed by atoms with Gasteiger partial charge in [0.25, 0.3) is 0 Å². The number of allylic oxidation sites excluding steroid dienone is 1. The molecule has 106 valence electrons. The van der Waals surface area contributed by atoms with Gasteiger partial charge in [-0.1, -0.05) is 54.2 Å². The molecule has 0 fully saturated rings. The molecule has 0 bridgehead atoms. The zero-order valence-electron chi connectivity index (χ0n) is 11.6. The number of carbonyl (C=O) groups is 1. The van der Waals surface area contributed by atoms with Gasteiger partial charge in [0.2, 0.25) is 5.78 Å². The summed E-state index contributed by atoms with van der Waals surface area (Å²) < 4.78 is 0. The lowest BCUT2D eigenvalue weighted by Gasteiger charge is -2.06. The maximum atomic E-state index is 12.5. The highest BCUT2D eigenvalue weighted by atomic mass is 32.2. The first-order valence-corrected chi connectivity index (χ1v) is 7.80. The van der Waals surface area contributed by atoms with Crippen LogP contribution in [0.3, 0.4) is 0 Å². The number of rotatable bonds is 1. The van der Waals surface area contributed by atoms with E-state index in [0.29, 0.717) is 10.5 Å². The molecule has 0 amide bonds. The van der Waals surface area contributed by atoms with Crippen LogP contribution < -0.4 is 0 Å². The number of hydrogen-bond acceptors (Lipinski definition) is 3. The second kappa shape index (κ2) is 5.04. The van der Waals surface area contributed by atoms with E-state index in [2.05, 4.69) is 0 Å². The summed E-state index contributed by atoms with van der Waals surface area (Å²) in [4.78, 5) is 14.1. The van der Waals surface area contributed by atoms with Gasteiger partial charge in [0.05, 0.1) is 4.91 Å². The summed E-state index contributed by atoms with van der Waals surface area (Å²) in [7, 11) is 0. The molecule has 0 spiro atoms. The smallest absolute Gasteiger partial charge is 0.200 e. The SMILES string of the molecule is O=C1C(=Cc2c(O)ccc3ccccc23)Sc2ccccc21. The van der Waals surface area contributed by atoms with Crippen LogP contribution in [0.4, 0.5) is 0 Å². The summed E-state index contributed by atoms with van der Waals surface area (Å²) in [5, 5.41) is 12.2. The van der Waals surface area contributed by atoms with Gasteiger partial charge >= 0.3 is 0 Å². The van der Waals surface area contributed by atoms with Gasteiger partial charge in [0, 0.05) is 16.0 Å². The van der Waals surface area contributed by atoms with E-state index in [9.17, 15) is 9.90 Å². The highest BCUT2D eigenvalue weighted by molar-refractivity contribution is 8.04. The number of aromatic hydroxyl groups is 1. The lowest BCUT2D eigenvalue weighted by Crippen LogP contribution is -1.93. The Morgan fingerprint density at radius 2 is 1.68 bits per heavy atom. The summed E-state index contributed by atoms with van der Waals surface area (Å²) in [6, 6.07) is 19.0. The van der Waals surface area contributed by atoms with E-state index < -0.39 is 0 Å². The van der Waals surface area contributed by atoms with Crippen LogP contribution in [-0.2, 0) is 0 Å². The average Bonchev–Trinajstić information content (AvgIpc) is 2.87. The van der Waals surface area contributed by atoms with Crippen molar-refractivity contribution in [2.24, 2.45) is 0 Å². The number of carbonyl (C=O) groups excluding carboxylic acids is 1. The van der Waals surface area contributed by atoms with Crippen LogP contribution >= 0.6 is 11.8 Å². The van der Waals surface area contributed by atoms with E-state index in [0.717, 1.165) is 21.2 Å². The number of phenols is 1. The van der Waals surface area contributed by atoms with Crippen molar-refractivity contribution in [2.45, 2.75) is 4.90 Å². The van der Waals surface area contributed by atoms with E-state index in [1.165, 1.54) is 11.8 Å². The number of ketones is 1. The lowest BCUT2D eigenvalue weighted by atomic mass is 10.0. The minimum absolute atomic E-state index is 0.0212. The Hall–Kier alpha value is -2.52. The average molecular weight is 304 g/mol. The van der Waals surface area contributed by atoms with Gasteiger partial charge in [-0.2, -0.15) is 0 Å². The topological polar surface area (TPSA) is 37.3 Å². The second-order valence-electron chi connectivity index (χ2n) is 5.16. The molecule has 0 radical (unpaired) electrons. The monoisotopic (exact) mass is 304 g/mol. The maximum Gasteiger partial charge on any atom is 0.200 e. The van der Waals surface area contributed by atoms with Crippen LogP contribution in [0.5, 0.6) is 5.75 Å². The van der Waals surface area contributed by atoms with E-state index in [4.69, 9.17) is 0 Å². The predicted octanol–water partition coefficient (Wildman–Crippen LogP) is 4.87. The quantitative estimate of drug-likeness (QED) is 0.651. The van der Waals surface area contributed by atoms with Crippen molar-refractivity contribution in [1.82, 2.24) is 0 Å². The van der Waals surface area contributed by atoms with Gasteiger partial charge in [-0.15, -0.1) is 0 Å². The summed E-state index contributed by atoms with van der Waals surface area (Å²) in [5.74, 6) is 0.212. The first kappa shape index (κ1) is 13.2. The summed E-state index contributed by atoms with van der Waals surface area (Å²) >= 11 is 1.46. The first-order valence-electron chi connectivity index (χ1n) is 6.98. The van der Waals surface area contributed by atoms with E-state index in [1.54, 1.807) is 12.1 Å². The third-order valence-corrected chi connectivity index (χ3v) is 4.90. The molecule has 22 heavy (non-hydrogen) atoms. The van der Waals surface area contributed by atoms with Crippen LogP contribution in [0, 0.1) is 0 Å². The molecule has 3 aromatic rings. The number of phenolic OH excluding ortho intramolecular Hbond substituents is 1. The predicted molar refractivity (Wildman–Crippen MR) is 90.2 cm³/mol. The molecule has 0 aromatic heterocycles. The van der Waals surface area contributed by atoms with Gasteiger partial charge in [0.1, 0.15) is 5.75 Å². The number of hydrogen-bond donors (Lipinski definition) is 1. The Morgan fingerprint density at radius 1 is 0.909 bits per heavy atom. The Bertz CT molecular complexity index is 941. The van der Waals surface area contributed by atoms with E-state index in [-0.39, 0.29) is 11.5 Å². The van der Waals surface area contributed by atoms with Gasteiger partial charge in [0.15, 0.2) is 0 Å². The molecule has 0 saturated heterocycles. The van der Waals surface area contributed by atoms with Gasteiger partial charge in [-0.3, -0.25) is 4.79 Å². The van der Waals surface area contributed by atoms with Crippen molar-refractivity contribution < 1.29 is 9.90 Å². The van der Waals surface area contributed by atoms with Crippen molar-refractivity contribution in [3.63, 3.8) is 0 Å². The Kier molecular flexibility index (Phi) is 3.01. The van der Waals surface area contributed by atoms with Crippen molar-refractivity contribution in [1.29, 1.82) is 0 Å². The molecule has 3 aromatic carbocycles. The fourth-order valence-corrected chi connectivity index (χ4v) is 3.74. The molecule has 0 atom stereocenters. The van der Waals surface area contributed by atoms with Gasteiger partial charge < -0.3 is 5.11 Å². The zero-order chi connectivity index (χ0) is 15.1. The zero-order valence-corrected chi connectivity index (χ0v) is 12.4. The van der Waals surface area contributed by atoms with Crippen molar-refractivity contribution in [3.05, 3.63) is 76.7 Å². The third-order valence-electron chi connectivity index (χ3n) is 3.80. The molecule has 2 nitrogen and oxygen atoms in total. The Labute approximate surface area is 132 Å². The number of benzene rings is 3. The largest absolute Gasteiger partial charge is 0.507 e. The van der Waals surface area contributed by atoms with Crippen molar-refractivity contribution >= 4 is 34.4 Å². The molecule has 1 aliphatic heterocycles. The minimum Gasteiger partial charge on any atom is -0.507 e. The summed E-state index contributed by atoms with van der Waals surface area (Å²) in [5.41, 5.74) is 1.43. The van der Waals surface area contributed by atoms with E-state index >= 15 is 0 Å². The molecule has 0 saturated carbocycles. The maximum absolute atomic E-state index is 12.5. The Balaban J connectivity index is 1.89. The van der Waals surface area contributed by atoms with E-state index in [1.807, 2.05) is 54.6 Å². The van der Waals surface area contributed by atoms with Gasteiger partial charge in [-0.25, -0.2) is 0 Å². The molecular formula is C19H12O2S. The van der Waals surface area contributed by atoms with Crippen molar-refractivity contribution in [3.8, 4) is 5.75 Å². The minimum atomic E-state index is 0.0212. The normalized spacial score (nSPS) is 15.5. The molecule has 0 aliphatic carbocycles. The van der Waals surface area contributed by atoms with Crippen LogP contribution in [0.25, 0.3) is 16.8 Å². The van der Waals surface area contributed by atoms with Crippen LogP contribution in [-0.4, -0.2) is 10.9 Å². The van der Waals surface area contributed by atoms with Crippen LogP contribution in [0.2, 0.25) is 0 Å². The molecule has 1 N–H and O–H groups in total.